The number of rotatable bonds is 12. The largest absolute Gasteiger partial charge is 0.493 e. The van der Waals surface area contributed by atoms with E-state index in [-0.39, 0.29) is 22.5 Å². The molecule has 47 heavy (non-hydrogen) atoms. The molecule has 4 fully saturated rings. The van der Waals surface area contributed by atoms with Crippen molar-refractivity contribution in [1.29, 1.82) is 0 Å². The second-order valence-electron chi connectivity index (χ2n) is 13.1. The minimum absolute atomic E-state index is 0.0294. The van der Waals surface area contributed by atoms with Gasteiger partial charge in [0, 0.05) is 46.3 Å². The third-order valence-corrected chi connectivity index (χ3v) is 10.8. The molecule has 0 radical (unpaired) electrons. The van der Waals surface area contributed by atoms with Crippen molar-refractivity contribution in [1.82, 2.24) is 15.1 Å². The predicted octanol–water partition coefficient (Wildman–Crippen LogP) is 8.18. The molecular formula is C34H34Cl3N3O7. The van der Waals surface area contributed by atoms with Crippen LogP contribution in [0, 0.1) is 5.41 Å². The van der Waals surface area contributed by atoms with Gasteiger partial charge in [0.1, 0.15) is 29.1 Å². The topological polar surface area (TPSA) is 137 Å². The number of aromatic carboxylic acids is 1. The van der Waals surface area contributed by atoms with Gasteiger partial charge < -0.3 is 28.9 Å². The number of ether oxygens (including phenoxy) is 3. The zero-order valence-corrected chi connectivity index (χ0v) is 27.9. The quantitative estimate of drug-likeness (QED) is 0.139. The molecule has 13 heteroatoms. The van der Waals surface area contributed by atoms with Crippen LogP contribution >= 0.6 is 34.8 Å². The maximum atomic E-state index is 11.7. The van der Waals surface area contributed by atoms with Crippen molar-refractivity contribution in [2.75, 3.05) is 6.61 Å². The molecule has 0 aliphatic heterocycles. The number of carboxylic acids is 1. The second-order valence-corrected chi connectivity index (χ2v) is 14.3. The van der Waals surface area contributed by atoms with Gasteiger partial charge in [-0.1, -0.05) is 40.0 Å². The summed E-state index contributed by atoms with van der Waals surface area (Å²) in [6, 6.07) is 6.63. The summed E-state index contributed by atoms with van der Waals surface area (Å²) in [7, 11) is 0. The van der Waals surface area contributed by atoms with Gasteiger partial charge in [0.05, 0.1) is 34.4 Å². The second kappa shape index (κ2) is 12.7. The van der Waals surface area contributed by atoms with Gasteiger partial charge in [-0.3, -0.25) is 4.98 Å². The Hall–Kier alpha value is -3.15. The van der Waals surface area contributed by atoms with Crippen LogP contribution in [0.2, 0.25) is 10.0 Å². The maximum Gasteiger partial charge on any atom is 0.354 e. The van der Waals surface area contributed by atoms with Crippen molar-refractivity contribution >= 4 is 51.7 Å². The third kappa shape index (κ3) is 6.50. The first kappa shape index (κ1) is 32.4. The Morgan fingerprint density at radius 2 is 1.79 bits per heavy atom. The number of aliphatic hydroxyl groups excluding tert-OH is 1. The number of aliphatic hydroxyl groups is 1. The fourth-order valence-electron chi connectivity index (χ4n) is 6.81. The van der Waals surface area contributed by atoms with Crippen molar-refractivity contribution in [3.8, 4) is 22.8 Å². The molecule has 3 aromatic heterocycles. The Morgan fingerprint density at radius 3 is 2.43 bits per heavy atom. The first-order valence-corrected chi connectivity index (χ1v) is 17.0. The normalized spacial score (nSPS) is 23.5. The van der Waals surface area contributed by atoms with Crippen molar-refractivity contribution in [3.05, 3.63) is 63.7 Å². The predicted molar refractivity (Wildman–Crippen MR) is 176 cm³/mol. The van der Waals surface area contributed by atoms with E-state index in [0.29, 0.717) is 57.1 Å². The standard InChI is InChI=1S/C34H34Cl3N3O7/c1-18(31(37)41)46-27-13-26(32(42)43)39-25-5-4-20(12-21(25)27)44-17-33-6-9-34(10-7-33,11-8-33)45-16-22-29(40-47-30(22)19-2-3-19)28-23(35)14-38-15-24(28)36/h4-5,12-15,18-19,31,41H,2-3,6-11,16-17H2,1H3,(H,42,43)/t18?,31-,33?,34?/m1/s1. The summed E-state index contributed by atoms with van der Waals surface area (Å²) in [5.74, 6) is 0.909. The Labute approximate surface area is 286 Å². The molecular weight excluding hydrogens is 669 g/mol. The van der Waals surface area contributed by atoms with Crippen LogP contribution in [-0.2, 0) is 11.3 Å². The molecule has 4 aromatic rings. The van der Waals surface area contributed by atoms with E-state index in [2.05, 4.69) is 15.1 Å². The number of carbonyl (C=O) groups is 1. The van der Waals surface area contributed by atoms with Crippen molar-refractivity contribution in [2.24, 2.45) is 5.41 Å². The maximum absolute atomic E-state index is 11.7. The summed E-state index contributed by atoms with van der Waals surface area (Å²) in [4.78, 5) is 20.0. The lowest BCUT2D eigenvalue weighted by Crippen LogP contribution is -2.49. The minimum atomic E-state index is -1.27. The van der Waals surface area contributed by atoms with Gasteiger partial charge in [-0.05, 0) is 76.5 Å². The molecule has 1 aromatic carbocycles. The summed E-state index contributed by atoms with van der Waals surface area (Å²) in [5, 5.41) is 25.1. The molecule has 4 aliphatic carbocycles. The van der Waals surface area contributed by atoms with Gasteiger partial charge >= 0.3 is 5.97 Å². The lowest BCUT2D eigenvalue weighted by molar-refractivity contribution is -0.150. The van der Waals surface area contributed by atoms with E-state index in [4.69, 9.17) is 53.5 Å². The Bertz CT molecular complexity index is 1780. The first-order valence-electron chi connectivity index (χ1n) is 15.8. The van der Waals surface area contributed by atoms with Gasteiger partial charge in [0.25, 0.3) is 0 Å². The van der Waals surface area contributed by atoms with Gasteiger partial charge in [0.15, 0.2) is 11.3 Å². The number of fused-ring (bicyclic) bond motifs is 4. The van der Waals surface area contributed by atoms with Crippen LogP contribution in [0.3, 0.4) is 0 Å². The minimum Gasteiger partial charge on any atom is -0.493 e. The van der Waals surface area contributed by atoms with Crippen LogP contribution in [0.4, 0.5) is 0 Å². The molecule has 2 bridgehead atoms. The van der Waals surface area contributed by atoms with Crippen LogP contribution in [0.5, 0.6) is 11.5 Å². The molecule has 0 amide bonds. The molecule has 2 N–H and O–H groups in total. The lowest BCUT2D eigenvalue weighted by atomic mass is 9.59. The fourth-order valence-corrected chi connectivity index (χ4v) is 7.41. The first-order chi connectivity index (χ1) is 22.6. The monoisotopic (exact) mass is 701 g/mol. The Balaban J connectivity index is 1.03. The number of aromatic nitrogens is 3. The number of benzene rings is 1. The average molecular weight is 703 g/mol. The summed E-state index contributed by atoms with van der Waals surface area (Å²) < 4.78 is 24.8. The number of alkyl halides is 1. The molecule has 0 spiro atoms. The van der Waals surface area contributed by atoms with E-state index in [9.17, 15) is 15.0 Å². The van der Waals surface area contributed by atoms with Crippen molar-refractivity contribution in [2.45, 2.75) is 88.1 Å². The average Bonchev–Trinajstić information content (AvgIpc) is 3.83. The summed E-state index contributed by atoms with van der Waals surface area (Å²) in [6.45, 7) is 2.52. The molecule has 8 rings (SSSR count). The van der Waals surface area contributed by atoms with Crippen LogP contribution in [0.15, 0.2) is 41.2 Å². The zero-order chi connectivity index (χ0) is 32.9. The number of pyridine rings is 2. The lowest BCUT2D eigenvalue weighted by Gasteiger charge is -2.52. The van der Waals surface area contributed by atoms with Gasteiger partial charge in [-0.2, -0.15) is 0 Å². The molecule has 0 saturated heterocycles. The summed E-state index contributed by atoms with van der Waals surface area (Å²) >= 11 is 18.8. The number of hydrogen-bond donors (Lipinski definition) is 2. The molecule has 1 unspecified atom stereocenters. The van der Waals surface area contributed by atoms with Crippen LogP contribution in [0.25, 0.3) is 22.2 Å². The van der Waals surface area contributed by atoms with E-state index in [1.807, 2.05) is 0 Å². The van der Waals surface area contributed by atoms with E-state index in [1.54, 1.807) is 37.5 Å². The molecule has 4 aliphatic rings. The van der Waals surface area contributed by atoms with Gasteiger partial charge in [-0.25, -0.2) is 9.78 Å². The molecule has 10 nitrogen and oxygen atoms in total. The molecule has 4 saturated carbocycles. The molecule has 248 valence electrons. The SMILES string of the molecule is CC(Oc1cc(C(=O)O)nc2ccc(OCC34CCC(OCc5c(-c6c(Cl)cncc6Cl)noc5C5CC5)(CC3)CC4)cc12)[C@@H](O)Cl. The Kier molecular flexibility index (Phi) is 8.76. The highest BCUT2D eigenvalue weighted by Gasteiger charge is 2.50. The zero-order valence-electron chi connectivity index (χ0n) is 25.7. The summed E-state index contributed by atoms with van der Waals surface area (Å²) in [6.07, 6.45) is 10.1. The van der Waals surface area contributed by atoms with Crippen LogP contribution in [0.1, 0.15) is 86.0 Å². The Morgan fingerprint density at radius 1 is 1.09 bits per heavy atom. The number of carboxylic acid groups (broad SMARTS) is 1. The summed E-state index contributed by atoms with van der Waals surface area (Å²) in [5.41, 5.74) is 0.972. The van der Waals surface area contributed by atoms with Crippen LogP contribution in [-0.4, -0.2) is 55.2 Å². The number of nitrogens with zero attached hydrogens (tertiary/aromatic N) is 3. The van der Waals surface area contributed by atoms with Crippen molar-refractivity contribution in [3.63, 3.8) is 0 Å². The molecule has 3 heterocycles. The fraction of sp³-hybridized carbons (Fsp3) is 0.471. The van der Waals surface area contributed by atoms with Gasteiger partial charge in [-0.15, -0.1) is 0 Å². The van der Waals surface area contributed by atoms with E-state index < -0.39 is 17.6 Å². The van der Waals surface area contributed by atoms with Crippen LogP contribution < -0.4 is 9.47 Å². The highest BCUT2D eigenvalue weighted by molar-refractivity contribution is 6.38. The van der Waals surface area contributed by atoms with E-state index >= 15 is 0 Å². The van der Waals surface area contributed by atoms with Gasteiger partial charge in [0.2, 0.25) is 0 Å². The van der Waals surface area contributed by atoms with E-state index in [1.165, 1.54) is 6.07 Å². The highest BCUT2D eigenvalue weighted by Crippen LogP contribution is 2.55. The third-order valence-electron chi connectivity index (χ3n) is 9.92. The number of halogens is 3. The molecule has 2 atom stereocenters. The van der Waals surface area contributed by atoms with Crippen molar-refractivity contribution < 1.29 is 33.7 Å². The number of hydrogen-bond acceptors (Lipinski definition) is 9. The highest BCUT2D eigenvalue weighted by atomic mass is 35.5. The smallest absolute Gasteiger partial charge is 0.354 e. The van der Waals surface area contributed by atoms with E-state index in [0.717, 1.165) is 62.7 Å².